The van der Waals surface area contributed by atoms with Crippen molar-refractivity contribution in [1.82, 2.24) is 9.21 Å². The Morgan fingerprint density at radius 3 is 2.04 bits per heavy atom. The van der Waals surface area contributed by atoms with Crippen LogP contribution >= 0.6 is 0 Å². The number of aliphatic carboxylic acids is 1. The lowest BCUT2D eigenvalue weighted by Crippen LogP contribution is -2.51. The van der Waals surface area contributed by atoms with Crippen LogP contribution in [0.3, 0.4) is 0 Å². The third kappa shape index (κ3) is 11.8. The quantitative estimate of drug-likeness (QED) is 0.200. The number of ether oxygens (including phenoxy) is 1. The van der Waals surface area contributed by atoms with Crippen LogP contribution in [0.15, 0.2) is 42.5 Å². The molecule has 0 bridgehead atoms. The summed E-state index contributed by atoms with van der Waals surface area (Å²) in [6.45, 7) is 13.5. The van der Waals surface area contributed by atoms with E-state index in [4.69, 9.17) is 8.92 Å². The summed E-state index contributed by atoms with van der Waals surface area (Å²) in [5.41, 5.74) is -0.444. The van der Waals surface area contributed by atoms with Crippen LogP contribution < -0.4 is 8.49 Å². The Bertz CT molecular complexity index is 1660. The molecule has 47 heavy (non-hydrogen) atoms. The number of carbonyl (C=O) groups is 3. The molecule has 262 valence electrons. The van der Waals surface area contributed by atoms with Gasteiger partial charge in [0, 0.05) is 39.7 Å². The zero-order valence-corrected chi connectivity index (χ0v) is 31.2. The van der Waals surface area contributed by atoms with Crippen LogP contribution in [-0.4, -0.2) is 95.2 Å². The molecule has 0 aliphatic heterocycles. The molecule has 0 spiro atoms. The number of hydrogen-bond donors (Lipinski definition) is 1. The van der Waals surface area contributed by atoms with E-state index in [2.05, 4.69) is 0 Å². The maximum Gasteiger partial charge on any atom is 0.425 e. The topological polar surface area (TPSA) is 168 Å². The van der Waals surface area contributed by atoms with Gasteiger partial charge in [0.15, 0.2) is 0 Å². The molecule has 2 amide bonds. The second-order valence-electron chi connectivity index (χ2n) is 13.2. The van der Waals surface area contributed by atoms with Gasteiger partial charge in [0.1, 0.15) is 17.9 Å². The highest BCUT2D eigenvalue weighted by Gasteiger charge is 2.40. The molecule has 1 N–H and O–H groups in total. The standard InChI is InChI=1S/C31H47N3O10S2Si/c1-10-32(11-2)29(37)25-21-23(20-24-14-12-13-15-27(24)44-45(6,39)40)16-17-26(25)34(22-28(35)36)46(41,42)33(18-19-47(7,8)9)30(38)43-31(3,4)5/h12-17,21H,10-11,18-20,22H2,1-9H3,(H,35,36). The molecule has 2 aromatic rings. The van der Waals surface area contributed by atoms with E-state index in [-0.39, 0.29) is 43.1 Å². The van der Waals surface area contributed by atoms with Gasteiger partial charge < -0.3 is 18.9 Å². The number of nitrogens with zero attached hydrogens (tertiary/aromatic N) is 3. The number of rotatable bonds is 15. The number of anilines is 1. The summed E-state index contributed by atoms with van der Waals surface area (Å²) in [6.07, 6.45) is -0.153. The molecule has 13 nitrogen and oxygen atoms in total. The van der Waals surface area contributed by atoms with Crippen LogP contribution in [0.1, 0.15) is 56.1 Å². The fourth-order valence-electron chi connectivity index (χ4n) is 4.46. The maximum absolute atomic E-state index is 14.4. The van der Waals surface area contributed by atoms with Crippen molar-refractivity contribution in [2.45, 2.75) is 72.3 Å². The fraction of sp³-hybridized carbons (Fsp3) is 0.516. The average Bonchev–Trinajstić information content (AvgIpc) is 2.91. The van der Waals surface area contributed by atoms with Crippen molar-refractivity contribution >= 4 is 52.1 Å². The lowest BCUT2D eigenvalue weighted by molar-refractivity contribution is -0.135. The fourth-order valence-corrected chi connectivity index (χ4v) is 7.47. The van der Waals surface area contributed by atoms with E-state index in [9.17, 15) is 36.3 Å². The number of benzene rings is 2. The second kappa shape index (κ2) is 15.5. The Morgan fingerprint density at radius 1 is 0.936 bits per heavy atom. The number of carboxylic acid groups (broad SMARTS) is 1. The van der Waals surface area contributed by atoms with Gasteiger partial charge in [-0.25, -0.2) is 9.10 Å². The highest BCUT2D eigenvalue weighted by molar-refractivity contribution is 7.91. The van der Waals surface area contributed by atoms with Crippen molar-refractivity contribution in [2.24, 2.45) is 0 Å². The molecule has 0 aromatic heterocycles. The molecule has 2 aromatic carbocycles. The van der Waals surface area contributed by atoms with E-state index in [1.807, 2.05) is 19.6 Å². The highest BCUT2D eigenvalue weighted by atomic mass is 32.2. The predicted molar refractivity (Wildman–Crippen MR) is 183 cm³/mol. The summed E-state index contributed by atoms with van der Waals surface area (Å²) in [5, 5.41) is 9.89. The van der Waals surface area contributed by atoms with E-state index >= 15 is 0 Å². The lowest BCUT2D eigenvalue weighted by Gasteiger charge is -2.34. The Balaban J connectivity index is 2.82. The Labute approximate surface area is 279 Å². The highest BCUT2D eigenvalue weighted by Crippen LogP contribution is 2.31. The predicted octanol–water partition coefficient (Wildman–Crippen LogP) is 4.81. The molecule has 0 fully saturated rings. The van der Waals surface area contributed by atoms with Gasteiger partial charge in [-0.1, -0.05) is 43.9 Å². The Kier molecular flexibility index (Phi) is 13.1. The zero-order chi connectivity index (χ0) is 36.0. The molecule has 0 radical (unpaired) electrons. The molecule has 16 heteroatoms. The Morgan fingerprint density at radius 2 is 1.53 bits per heavy atom. The van der Waals surface area contributed by atoms with E-state index < -0.39 is 58.5 Å². The monoisotopic (exact) mass is 713 g/mol. The van der Waals surface area contributed by atoms with E-state index in [1.165, 1.54) is 29.2 Å². The van der Waals surface area contributed by atoms with Gasteiger partial charge in [-0.15, -0.1) is 0 Å². The number of hydrogen-bond acceptors (Lipinski definition) is 9. The largest absolute Gasteiger partial charge is 0.480 e. The summed E-state index contributed by atoms with van der Waals surface area (Å²) < 4.78 is 64.1. The van der Waals surface area contributed by atoms with Crippen LogP contribution in [0.4, 0.5) is 10.5 Å². The van der Waals surface area contributed by atoms with Crippen molar-refractivity contribution in [1.29, 1.82) is 0 Å². The molecule has 0 aliphatic carbocycles. The normalized spacial score (nSPS) is 12.3. The lowest BCUT2D eigenvalue weighted by atomic mass is 10.00. The first-order chi connectivity index (χ1) is 21.5. The zero-order valence-electron chi connectivity index (χ0n) is 28.6. The molecular weight excluding hydrogens is 667 g/mol. The molecule has 0 aliphatic rings. The first kappa shape index (κ1) is 39.5. The summed E-state index contributed by atoms with van der Waals surface area (Å²) in [6, 6.07) is 11.1. The van der Waals surface area contributed by atoms with Gasteiger partial charge in [0.05, 0.1) is 17.5 Å². The van der Waals surface area contributed by atoms with Gasteiger partial charge >= 0.3 is 32.4 Å². The maximum atomic E-state index is 14.4. The van der Waals surface area contributed by atoms with Crippen molar-refractivity contribution < 1.29 is 45.2 Å². The van der Waals surface area contributed by atoms with Crippen LogP contribution in [0.5, 0.6) is 5.75 Å². The molecule has 0 saturated heterocycles. The summed E-state index contributed by atoms with van der Waals surface area (Å²) in [5.74, 6) is -2.00. The van der Waals surface area contributed by atoms with Gasteiger partial charge in [-0.2, -0.15) is 21.1 Å². The van der Waals surface area contributed by atoms with E-state index in [0.717, 1.165) is 6.26 Å². The average molecular weight is 714 g/mol. The van der Waals surface area contributed by atoms with Crippen LogP contribution in [0.2, 0.25) is 25.7 Å². The summed E-state index contributed by atoms with van der Waals surface area (Å²) >= 11 is 0. The molecule has 0 unspecified atom stereocenters. The van der Waals surface area contributed by atoms with Crippen LogP contribution in [0.25, 0.3) is 0 Å². The van der Waals surface area contributed by atoms with E-state index in [1.54, 1.807) is 52.8 Å². The van der Waals surface area contributed by atoms with E-state index in [0.29, 0.717) is 25.8 Å². The third-order valence-electron chi connectivity index (χ3n) is 6.72. The minimum Gasteiger partial charge on any atom is -0.480 e. The smallest absolute Gasteiger partial charge is 0.425 e. The molecule has 0 atom stereocenters. The van der Waals surface area contributed by atoms with Crippen LogP contribution in [-0.2, 0) is 36.3 Å². The van der Waals surface area contributed by atoms with Crippen molar-refractivity contribution in [3.8, 4) is 5.75 Å². The molecular formula is C31H47N3O10S2Si. The third-order valence-corrected chi connectivity index (χ3v) is 10.7. The first-order valence-electron chi connectivity index (χ1n) is 15.1. The first-order valence-corrected chi connectivity index (χ1v) is 22.1. The van der Waals surface area contributed by atoms with Gasteiger partial charge in [0.25, 0.3) is 5.91 Å². The summed E-state index contributed by atoms with van der Waals surface area (Å²) in [4.78, 5) is 40.9. The van der Waals surface area contributed by atoms with Gasteiger partial charge in [0.2, 0.25) is 0 Å². The van der Waals surface area contributed by atoms with Crippen molar-refractivity contribution in [3.63, 3.8) is 0 Å². The van der Waals surface area contributed by atoms with Crippen LogP contribution in [0, 0.1) is 0 Å². The van der Waals surface area contributed by atoms with Gasteiger partial charge in [-0.3, -0.25) is 9.59 Å². The van der Waals surface area contributed by atoms with Gasteiger partial charge in [-0.05, 0) is 64.4 Å². The number of carboxylic acids is 1. The van der Waals surface area contributed by atoms with Crippen molar-refractivity contribution in [3.05, 3.63) is 59.2 Å². The number of amides is 2. The molecule has 0 saturated carbocycles. The SMILES string of the molecule is CCN(CC)C(=O)c1cc(Cc2ccccc2OS(C)(=O)=O)ccc1N(CC(=O)O)S(=O)(=O)N(CC[Si](C)(C)C)C(=O)OC(C)(C)C. The van der Waals surface area contributed by atoms with Crippen molar-refractivity contribution in [2.75, 3.05) is 36.7 Å². The summed E-state index contributed by atoms with van der Waals surface area (Å²) in [7, 11) is -10.7. The minimum absolute atomic E-state index is 0.0844. The number of para-hydroxylation sites is 1. The molecule has 0 heterocycles. The Hall–Kier alpha value is -3.63. The number of carbonyl (C=O) groups excluding carboxylic acids is 2. The minimum atomic E-state index is -4.92. The molecule has 2 rings (SSSR count). The second-order valence-corrected chi connectivity index (χ2v) is 22.1.